The molecular formula is C33H45IN4O10S. The van der Waals surface area contributed by atoms with E-state index in [-0.39, 0.29) is 37.1 Å². The number of methoxy groups -OCH3 is 2. The molecule has 0 aliphatic heterocycles. The number of ketones is 1. The first kappa shape index (κ1) is 41.7. The van der Waals surface area contributed by atoms with Crippen molar-refractivity contribution in [2.24, 2.45) is 0 Å². The lowest BCUT2D eigenvalue weighted by atomic mass is 9.92. The maximum absolute atomic E-state index is 14.1. The molecule has 3 N–H and O–H groups in total. The van der Waals surface area contributed by atoms with Gasteiger partial charge in [0.15, 0.2) is 11.4 Å². The molecule has 0 radical (unpaired) electrons. The minimum absolute atomic E-state index is 0.00550. The number of hydrogen-bond donors (Lipinski definition) is 3. The van der Waals surface area contributed by atoms with Crippen LogP contribution in [0, 0.1) is 6.92 Å². The van der Waals surface area contributed by atoms with Crippen LogP contribution in [0.1, 0.15) is 59.8 Å². The molecule has 0 bridgehead atoms. The van der Waals surface area contributed by atoms with Gasteiger partial charge in [0, 0.05) is 32.0 Å². The Morgan fingerprint density at radius 1 is 0.918 bits per heavy atom. The topological polar surface area (TPSA) is 188 Å². The van der Waals surface area contributed by atoms with Crippen LogP contribution < -0.4 is 16.0 Å². The number of hydrogen-bond acceptors (Lipinski definition) is 12. The molecule has 4 atom stereocenters. The van der Waals surface area contributed by atoms with Gasteiger partial charge in [-0.3, -0.25) is 28.8 Å². The van der Waals surface area contributed by atoms with E-state index in [2.05, 4.69) is 20.9 Å². The number of carbonyl (C=O) groups is 6. The molecule has 0 unspecified atom stereocenters. The molecule has 1 aromatic carbocycles. The zero-order valence-electron chi connectivity index (χ0n) is 28.4. The Labute approximate surface area is 303 Å². The normalized spacial score (nSPS) is 14.0. The van der Waals surface area contributed by atoms with Crippen LogP contribution in [0.3, 0.4) is 0 Å². The molecule has 1 heterocycles. The number of benzene rings is 1. The number of ether oxygens (including phenoxy) is 4. The van der Waals surface area contributed by atoms with Crippen molar-refractivity contribution in [1.82, 2.24) is 20.9 Å². The van der Waals surface area contributed by atoms with Gasteiger partial charge in [-0.25, -0.2) is 4.98 Å². The van der Waals surface area contributed by atoms with Crippen LogP contribution in [-0.4, -0.2) is 103 Å². The number of rotatable bonds is 22. The van der Waals surface area contributed by atoms with Crippen molar-refractivity contribution in [3.63, 3.8) is 0 Å². The maximum Gasteiger partial charge on any atom is 0.306 e. The molecule has 0 aliphatic carbocycles. The summed E-state index contributed by atoms with van der Waals surface area (Å²) < 4.78 is 21.0. The Bertz CT molecular complexity index is 1410. The Morgan fingerprint density at radius 3 is 2.08 bits per heavy atom. The molecule has 2 rings (SSSR count). The fourth-order valence-corrected chi connectivity index (χ4v) is 5.78. The van der Waals surface area contributed by atoms with E-state index in [1.165, 1.54) is 34.3 Å². The van der Waals surface area contributed by atoms with Gasteiger partial charge in [-0.1, -0.05) is 52.9 Å². The zero-order valence-corrected chi connectivity index (χ0v) is 31.4. The Morgan fingerprint density at radius 2 is 1.53 bits per heavy atom. The first-order valence-corrected chi connectivity index (χ1v) is 18.0. The number of Topliss-reactive ketones (excluding diaryl/α,β-unsaturated/α-hetero) is 1. The SMILES string of the molecule is COC[C@H](NC(=O)c1cnc(C)s1)C(=O)N[C@@H](COC)C(=O)N[C@@H](CCc1ccccc1)C(=O)[C@@](C)(CI)OC(=O)CCCCOC(C)=O. The van der Waals surface area contributed by atoms with Crippen LogP contribution in [0.25, 0.3) is 0 Å². The smallest absolute Gasteiger partial charge is 0.306 e. The molecular weight excluding hydrogens is 771 g/mol. The molecule has 0 saturated heterocycles. The highest BCUT2D eigenvalue weighted by atomic mass is 127. The molecule has 49 heavy (non-hydrogen) atoms. The number of carbonyl (C=O) groups excluding carboxylic acids is 6. The number of nitrogens with zero attached hydrogens (tertiary/aromatic N) is 1. The quantitative estimate of drug-likeness (QED) is 0.0686. The summed E-state index contributed by atoms with van der Waals surface area (Å²) in [6.45, 7) is 4.28. The number of alkyl halides is 1. The minimum Gasteiger partial charge on any atom is -0.466 e. The fourth-order valence-electron chi connectivity index (χ4n) is 4.57. The molecule has 1 aromatic heterocycles. The van der Waals surface area contributed by atoms with Crippen molar-refractivity contribution >= 4 is 69.4 Å². The Balaban J connectivity index is 2.21. The number of unbranched alkanes of at least 4 members (excludes halogenated alkanes) is 1. The van der Waals surface area contributed by atoms with E-state index in [9.17, 15) is 28.8 Å². The lowest BCUT2D eigenvalue weighted by Crippen LogP contribution is -2.60. The van der Waals surface area contributed by atoms with Crippen molar-refractivity contribution in [1.29, 1.82) is 0 Å². The minimum atomic E-state index is -1.58. The van der Waals surface area contributed by atoms with E-state index in [4.69, 9.17) is 18.9 Å². The van der Waals surface area contributed by atoms with Gasteiger partial charge < -0.3 is 34.9 Å². The van der Waals surface area contributed by atoms with Crippen LogP contribution in [-0.2, 0) is 49.3 Å². The number of aromatic nitrogens is 1. The van der Waals surface area contributed by atoms with E-state index >= 15 is 0 Å². The van der Waals surface area contributed by atoms with Crippen LogP contribution in [0.15, 0.2) is 36.5 Å². The summed E-state index contributed by atoms with van der Waals surface area (Å²) in [5.74, 6) is -3.49. The summed E-state index contributed by atoms with van der Waals surface area (Å²) in [5.41, 5.74) is -0.656. The standard InChI is InChI=1S/C33H45IN4O10S/c1-21-35-17-27(49-21)32(44)38-26(19-46-5)31(43)37-25(18-45-4)30(42)36-24(15-14-23-11-7-6-8-12-23)29(41)33(3,20-34)48-28(40)13-9-10-16-47-22(2)39/h6-8,11-12,17,24-26H,9-10,13-16,18-20H2,1-5H3,(H,36,42)(H,37,43)(H,38,44)/t24-,25-,26-,33+/m0/s1. The molecule has 0 aliphatic rings. The van der Waals surface area contributed by atoms with Gasteiger partial charge >= 0.3 is 11.9 Å². The van der Waals surface area contributed by atoms with E-state index < -0.39 is 59.2 Å². The average molecular weight is 817 g/mol. The van der Waals surface area contributed by atoms with Crippen LogP contribution in [0.2, 0.25) is 0 Å². The summed E-state index contributed by atoms with van der Waals surface area (Å²) >= 11 is 3.12. The number of esters is 2. The second-order valence-corrected chi connectivity index (χ2v) is 13.3. The molecule has 0 spiro atoms. The lowest BCUT2D eigenvalue weighted by molar-refractivity contribution is -0.164. The molecule has 14 nitrogen and oxygen atoms in total. The van der Waals surface area contributed by atoms with Crippen molar-refractivity contribution in [2.45, 2.75) is 76.6 Å². The van der Waals surface area contributed by atoms with Gasteiger partial charge in [0.1, 0.15) is 17.0 Å². The third-order valence-electron chi connectivity index (χ3n) is 7.16. The summed E-state index contributed by atoms with van der Waals surface area (Å²) in [5, 5.41) is 8.62. The third kappa shape index (κ3) is 14.5. The van der Waals surface area contributed by atoms with Crippen LogP contribution in [0.5, 0.6) is 0 Å². The predicted molar refractivity (Wildman–Crippen MR) is 189 cm³/mol. The Hall–Kier alpha value is -3.48. The largest absolute Gasteiger partial charge is 0.466 e. The number of aryl methyl sites for hydroxylation is 2. The van der Waals surface area contributed by atoms with Gasteiger partial charge in [-0.05, 0) is 45.1 Å². The van der Waals surface area contributed by atoms with Crippen molar-refractivity contribution < 1.29 is 47.7 Å². The first-order valence-electron chi connectivity index (χ1n) is 15.6. The molecule has 270 valence electrons. The lowest BCUT2D eigenvalue weighted by Gasteiger charge is -2.31. The van der Waals surface area contributed by atoms with Crippen molar-refractivity contribution in [3.05, 3.63) is 52.0 Å². The van der Waals surface area contributed by atoms with E-state index in [0.717, 1.165) is 16.9 Å². The van der Waals surface area contributed by atoms with Crippen molar-refractivity contribution in [2.75, 3.05) is 38.5 Å². The fraction of sp³-hybridized carbons (Fsp3) is 0.545. The molecule has 3 amide bonds. The van der Waals surface area contributed by atoms with E-state index in [0.29, 0.717) is 29.1 Å². The number of amides is 3. The summed E-state index contributed by atoms with van der Waals surface area (Å²) in [4.78, 5) is 81.9. The molecule has 0 fully saturated rings. The predicted octanol–water partition coefficient (Wildman–Crippen LogP) is 2.48. The monoisotopic (exact) mass is 816 g/mol. The maximum atomic E-state index is 14.1. The van der Waals surface area contributed by atoms with Gasteiger partial charge in [0.05, 0.1) is 37.1 Å². The van der Waals surface area contributed by atoms with Gasteiger partial charge in [-0.2, -0.15) is 0 Å². The molecule has 16 heteroatoms. The number of thiazole rings is 1. The van der Waals surface area contributed by atoms with Crippen molar-refractivity contribution in [3.8, 4) is 0 Å². The third-order valence-corrected chi connectivity index (χ3v) is 9.53. The highest BCUT2D eigenvalue weighted by molar-refractivity contribution is 14.1. The summed E-state index contributed by atoms with van der Waals surface area (Å²) in [6, 6.07) is 5.85. The number of nitrogens with one attached hydrogen (secondary N) is 3. The zero-order chi connectivity index (χ0) is 36.4. The summed E-state index contributed by atoms with van der Waals surface area (Å²) in [7, 11) is 2.72. The van der Waals surface area contributed by atoms with Gasteiger partial charge in [-0.15, -0.1) is 11.3 Å². The Kier molecular flexibility index (Phi) is 18.4. The highest BCUT2D eigenvalue weighted by Gasteiger charge is 2.42. The summed E-state index contributed by atoms with van der Waals surface area (Å²) in [6.07, 6.45) is 2.83. The number of halogens is 1. The highest BCUT2D eigenvalue weighted by Crippen LogP contribution is 2.22. The van der Waals surface area contributed by atoms with E-state index in [1.807, 2.05) is 52.9 Å². The van der Waals surface area contributed by atoms with E-state index in [1.54, 1.807) is 6.92 Å². The van der Waals surface area contributed by atoms with Gasteiger partial charge in [0.25, 0.3) is 5.91 Å². The molecule has 2 aromatic rings. The first-order chi connectivity index (χ1) is 23.3. The average Bonchev–Trinajstić information content (AvgIpc) is 3.52. The molecule has 0 saturated carbocycles. The second-order valence-electron chi connectivity index (χ2n) is 11.3. The van der Waals surface area contributed by atoms with Crippen LogP contribution >= 0.6 is 33.9 Å². The van der Waals surface area contributed by atoms with Crippen LogP contribution in [0.4, 0.5) is 0 Å². The second kappa shape index (κ2) is 21.6. The van der Waals surface area contributed by atoms with Gasteiger partial charge in [0.2, 0.25) is 11.8 Å².